The maximum atomic E-state index is 11.9. The van der Waals surface area contributed by atoms with E-state index in [-0.39, 0.29) is 12.3 Å². The van der Waals surface area contributed by atoms with Crippen molar-refractivity contribution in [2.75, 3.05) is 11.4 Å². The van der Waals surface area contributed by atoms with Gasteiger partial charge in [0, 0.05) is 36.3 Å². The summed E-state index contributed by atoms with van der Waals surface area (Å²) in [6.07, 6.45) is 4.09. The molecule has 100 valence electrons. The predicted octanol–water partition coefficient (Wildman–Crippen LogP) is 1.49. The first-order valence-electron chi connectivity index (χ1n) is 6.14. The number of rotatable bonds is 2. The Morgan fingerprint density at radius 2 is 2.05 bits per heavy atom. The van der Waals surface area contributed by atoms with E-state index in [0.29, 0.717) is 23.2 Å². The van der Waals surface area contributed by atoms with Crippen LogP contribution in [0.1, 0.15) is 16.8 Å². The van der Waals surface area contributed by atoms with Gasteiger partial charge in [-0.25, -0.2) is 4.79 Å². The molecule has 1 aromatic heterocycles. The number of carbonyl (C=O) groups excluding carboxylic acids is 3. The van der Waals surface area contributed by atoms with E-state index >= 15 is 0 Å². The molecule has 20 heavy (non-hydrogen) atoms. The van der Waals surface area contributed by atoms with Gasteiger partial charge < -0.3 is 0 Å². The maximum Gasteiger partial charge on any atom is 0.328 e. The highest BCUT2D eigenvalue weighted by Gasteiger charge is 2.25. The van der Waals surface area contributed by atoms with Crippen LogP contribution in [0.25, 0.3) is 10.8 Å². The number of hydrogen-bond donors (Lipinski definition) is 1. The molecule has 1 N–H and O–H groups in total. The van der Waals surface area contributed by atoms with E-state index in [1.54, 1.807) is 24.4 Å². The molecule has 1 aliphatic rings. The molecule has 2 heterocycles. The Labute approximate surface area is 114 Å². The number of urea groups is 1. The van der Waals surface area contributed by atoms with Gasteiger partial charge in [0.05, 0.1) is 5.69 Å². The van der Waals surface area contributed by atoms with Gasteiger partial charge in [0.25, 0.3) is 0 Å². The van der Waals surface area contributed by atoms with Crippen molar-refractivity contribution in [1.82, 2.24) is 10.3 Å². The average molecular weight is 269 g/mol. The van der Waals surface area contributed by atoms with Gasteiger partial charge in [-0.05, 0) is 11.5 Å². The molecule has 0 unspecified atom stereocenters. The van der Waals surface area contributed by atoms with Crippen LogP contribution in [0.2, 0.25) is 0 Å². The van der Waals surface area contributed by atoms with Crippen LogP contribution < -0.4 is 10.2 Å². The minimum absolute atomic E-state index is 0.253. The third-order valence-electron chi connectivity index (χ3n) is 3.28. The van der Waals surface area contributed by atoms with E-state index < -0.39 is 6.03 Å². The normalized spacial score (nSPS) is 15.3. The lowest BCUT2D eigenvalue weighted by molar-refractivity contribution is -0.120. The summed E-state index contributed by atoms with van der Waals surface area (Å²) in [5, 5.41) is 3.72. The van der Waals surface area contributed by atoms with E-state index in [4.69, 9.17) is 0 Å². The zero-order valence-corrected chi connectivity index (χ0v) is 10.5. The zero-order chi connectivity index (χ0) is 14.1. The van der Waals surface area contributed by atoms with Gasteiger partial charge in [0.1, 0.15) is 0 Å². The quantitative estimate of drug-likeness (QED) is 0.838. The van der Waals surface area contributed by atoms with Crippen LogP contribution >= 0.6 is 0 Å². The van der Waals surface area contributed by atoms with E-state index in [1.807, 2.05) is 0 Å². The van der Waals surface area contributed by atoms with E-state index in [0.717, 1.165) is 11.7 Å². The van der Waals surface area contributed by atoms with Crippen molar-refractivity contribution in [3.8, 4) is 0 Å². The van der Waals surface area contributed by atoms with Gasteiger partial charge in [0.2, 0.25) is 5.91 Å². The molecule has 0 atom stereocenters. The Bertz CT molecular complexity index is 727. The average Bonchev–Trinajstić information content (AvgIpc) is 2.46. The van der Waals surface area contributed by atoms with Crippen molar-refractivity contribution in [1.29, 1.82) is 0 Å². The molecule has 1 aliphatic heterocycles. The molecule has 1 saturated heterocycles. The highest BCUT2D eigenvalue weighted by atomic mass is 16.2. The lowest BCUT2D eigenvalue weighted by Gasteiger charge is -2.27. The van der Waals surface area contributed by atoms with Crippen molar-refractivity contribution in [3.05, 3.63) is 36.2 Å². The van der Waals surface area contributed by atoms with Crippen LogP contribution in [-0.2, 0) is 4.79 Å². The molecule has 0 aliphatic carbocycles. The van der Waals surface area contributed by atoms with Crippen molar-refractivity contribution < 1.29 is 14.4 Å². The number of hydrogen-bond acceptors (Lipinski definition) is 4. The number of fused-ring (bicyclic) bond motifs is 1. The largest absolute Gasteiger partial charge is 0.328 e. The van der Waals surface area contributed by atoms with Crippen molar-refractivity contribution in [2.24, 2.45) is 0 Å². The number of amides is 3. The Morgan fingerprint density at radius 3 is 2.80 bits per heavy atom. The molecule has 3 rings (SSSR count). The summed E-state index contributed by atoms with van der Waals surface area (Å²) in [5.41, 5.74) is 1.11. The second kappa shape index (κ2) is 4.73. The molecular formula is C14H11N3O3. The van der Waals surface area contributed by atoms with E-state index in [2.05, 4.69) is 10.3 Å². The molecule has 2 aromatic rings. The molecule has 0 spiro atoms. The fourth-order valence-corrected chi connectivity index (χ4v) is 2.33. The fraction of sp³-hybridized carbons (Fsp3) is 0.143. The maximum absolute atomic E-state index is 11.9. The van der Waals surface area contributed by atoms with Gasteiger partial charge in [-0.2, -0.15) is 0 Å². The summed E-state index contributed by atoms with van der Waals surface area (Å²) in [7, 11) is 0. The molecular weight excluding hydrogens is 258 g/mol. The van der Waals surface area contributed by atoms with Crippen LogP contribution in [0.4, 0.5) is 10.5 Å². The Morgan fingerprint density at radius 1 is 1.20 bits per heavy atom. The molecule has 6 heteroatoms. The van der Waals surface area contributed by atoms with Crippen LogP contribution in [0.5, 0.6) is 0 Å². The van der Waals surface area contributed by atoms with Crippen molar-refractivity contribution >= 4 is 34.7 Å². The standard InChI is InChI=1S/C14H11N3O3/c18-8-9-6-15-7-11-10(9)2-1-3-12(11)17-5-4-13(19)16-14(17)20/h1-3,6-8H,4-5H2,(H,16,19,20). The highest BCUT2D eigenvalue weighted by Crippen LogP contribution is 2.28. The van der Waals surface area contributed by atoms with Crippen LogP contribution in [-0.4, -0.2) is 29.8 Å². The lowest BCUT2D eigenvalue weighted by atomic mass is 10.1. The van der Waals surface area contributed by atoms with Crippen LogP contribution in [0.3, 0.4) is 0 Å². The third-order valence-corrected chi connectivity index (χ3v) is 3.28. The predicted molar refractivity (Wildman–Crippen MR) is 72.6 cm³/mol. The summed E-state index contributed by atoms with van der Waals surface area (Å²) in [6, 6.07) is 4.89. The number of imide groups is 1. The van der Waals surface area contributed by atoms with E-state index in [9.17, 15) is 14.4 Å². The molecule has 0 bridgehead atoms. The summed E-state index contributed by atoms with van der Waals surface area (Å²) in [4.78, 5) is 39.7. The number of anilines is 1. The van der Waals surface area contributed by atoms with Gasteiger partial charge >= 0.3 is 6.03 Å². The van der Waals surface area contributed by atoms with Gasteiger partial charge in [0.15, 0.2) is 6.29 Å². The lowest BCUT2D eigenvalue weighted by Crippen LogP contribution is -2.49. The fourth-order valence-electron chi connectivity index (χ4n) is 2.33. The minimum Gasteiger partial charge on any atom is -0.298 e. The monoisotopic (exact) mass is 269 g/mol. The number of pyridine rings is 1. The summed E-state index contributed by atoms with van der Waals surface area (Å²) >= 11 is 0. The zero-order valence-electron chi connectivity index (χ0n) is 10.5. The first-order chi connectivity index (χ1) is 9.70. The number of nitrogens with zero attached hydrogens (tertiary/aromatic N) is 2. The Hall–Kier alpha value is -2.76. The Kier molecular flexibility index (Phi) is 2.90. The minimum atomic E-state index is -0.453. The topological polar surface area (TPSA) is 79.4 Å². The SMILES string of the molecule is O=Cc1cncc2c(N3CCC(=O)NC3=O)cccc12. The first kappa shape index (κ1) is 12.3. The second-order valence-electron chi connectivity index (χ2n) is 4.47. The van der Waals surface area contributed by atoms with Crippen LogP contribution in [0, 0.1) is 0 Å². The molecule has 0 radical (unpaired) electrons. The number of aromatic nitrogens is 1. The second-order valence-corrected chi connectivity index (χ2v) is 4.47. The highest BCUT2D eigenvalue weighted by molar-refractivity contribution is 6.11. The summed E-state index contributed by atoms with van der Waals surface area (Å²) in [6.45, 7) is 0.315. The van der Waals surface area contributed by atoms with E-state index in [1.165, 1.54) is 11.1 Å². The van der Waals surface area contributed by atoms with Crippen molar-refractivity contribution in [2.45, 2.75) is 6.42 Å². The number of nitrogens with one attached hydrogen (secondary N) is 1. The Balaban J connectivity index is 2.15. The first-order valence-corrected chi connectivity index (χ1v) is 6.14. The molecule has 1 fully saturated rings. The molecule has 3 amide bonds. The number of carbonyl (C=O) groups is 3. The van der Waals surface area contributed by atoms with Crippen LogP contribution in [0.15, 0.2) is 30.6 Å². The number of aldehydes is 1. The van der Waals surface area contributed by atoms with Crippen molar-refractivity contribution in [3.63, 3.8) is 0 Å². The molecule has 6 nitrogen and oxygen atoms in total. The number of benzene rings is 1. The van der Waals surface area contributed by atoms with Gasteiger partial charge in [-0.3, -0.25) is 24.8 Å². The van der Waals surface area contributed by atoms with Gasteiger partial charge in [-0.1, -0.05) is 12.1 Å². The molecule has 0 saturated carbocycles. The smallest absolute Gasteiger partial charge is 0.298 e. The third kappa shape index (κ3) is 1.91. The summed E-state index contributed by atoms with van der Waals surface area (Å²) < 4.78 is 0. The molecule has 1 aromatic carbocycles. The van der Waals surface area contributed by atoms with Gasteiger partial charge in [-0.15, -0.1) is 0 Å². The summed E-state index contributed by atoms with van der Waals surface area (Å²) in [5.74, 6) is -0.279.